The van der Waals surface area contributed by atoms with Crippen molar-refractivity contribution in [2.24, 2.45) is 0 Å². The molecule has 3 rings (SSSR count). The molecular formula is C18H20N2O. The van der Waals surface area contributed by atoms with Crippen LogP contribution in [0.15, 0.2) is 36.5 Å². The van der Waals surface area contributed by atoms with Gasteiger partial charge in [-0.2, -0.15) is 5.10 Å². The van der Waals surface area contributed by atoms with Crippen molar-refractivity contribution >= 4 is 0 Å². The summed E-state index contributed by atoms with van der Waals surface area (Å²) < 4.78 is 7.85. The zero-order chi connectivity index (χ0) is 14.5. The molecule has 1 unspecified atom stereocenters. The van der Waals surface area contributed by atoms with E-state index in [1.807, 2.05) is 16.9 Å². The van der Waals surface area contributed by atoms with E-state index in [0.29, 0.717) is 0 Å². The summed E-state index contributed by atoms with van der Waals surface area (Å²) in [6.07, 6.45) is 6.19. The van der Waals surface area contributed by atoms with Crippen molar-refractivity contribution < 1.29 is 4.74 Å². The lowest BCUT2D eigenvalue weighted by Gasteiger charge is -2.24. The predicted octanol–water partition coefficient (Wildman–Crippen LogP) is 4.01. The van der Waals surface area contributed by atoms with Gasteiger partial charge in [-0.05, 0) is 43.0 Å². The normalized spacial score (nSPS) is 18.0. The third kappa shape index (κ3) is 3.17. The van der Waals surface area contributed by atoms with Crippen LogP contribution >= 0.6 is 0 Å². The highest BCUT2D eigenvalue weighted by atomic mass is 16.5. The second kappa shape index (κ2) is 6.60. The smallest absolute Gasteiger partial charge is 0.150 e. The number of ether oxygens (including phenoxy) is 1. The molecule has 0 N–H and O–H groups in total. The van der Waals surface area contributed by atoms with Gasteiger partial charge in [-0.15, -0.1) is 0 Å². The Balaban J connectivity index is 1.85. The maximum atomic E-state index is 5.84. The maximum Gasteiger partial charge on any atom is 0.150 e. The van der Waals surface area contributed by atoms with Gasteiger partial charge < -0.3 is 4.74 Å². The second-order valence-corrected chi connectivity index (χ2v) is 5.21. The van der Waals surface area contributed by atoms with Crippen LogP contribution in [0, 0.1) is 11.8 Å². The Morgan fingerprint density at radius 1 is 1.24 bits per heavy atom. The highest BCUT2D eigenvalue weighted by Crippen LogP contribution is 2.28. The van der Waals surface area contributed by atoms with Crippen LogP contribution in [0.1, 0.15) is 44.4 Å². The van der Waals surface area contributed by atoms with Crippen molar-refractivity contribution in [3.8, 4) is 23.1 Å². The molecule has 108 valence electrons. The van der Waals surface area contributed by atoms with Gasteiger partial charge in [0.15, 0.2) is 6.23 Å². The van der Waals surface area contributed by atoms with Gasteiger partial charge >= 0.3 is 0 Å². The third-order valence-electron chi connectivity index (χ3n) is 3.69. The fourth-order valence-electron chi connectivity index (χ4n) is 2.60. The Morgan fingerprint density at radius 3 is 2.81 bits per heavy atom. The topological polar surface area (TPSA) is 27.1 Å². The molecule has 2 aromatic rings. The zero-order valence-corrected chi connectivity index (χ0v) is 12.4. The lowest BCUT2D eigenvalue weighted by molar-refractivity contribution is -0.0383. The van der Waals surface area contributed by atoms with Gasteiger partial charge in [0.05, 0.1) is 5.69 Å². The zero-order valence-electron chi connectivity index (χ0n) is 12.4. The molecule has 0 spiro atoms. The van der Waals surface area contributed by atoms with Crippen molar-refractivity contribution in [1.29, 1.82) is 0 Å². The molecule has 0 aliphatic carbocycles. The molecule has 0 amide bonds. The molecule has 1 aliphatic rings. The van der Waals surface area contributed by atoms with Crippen LogP contribution in [0.25, 0.3) is 11.3 Å². The number of aromatic nitrogens is 2. The molecule has 1 aromatic heterocycles. The minimum Gasteiger partial charge on any atom is -0.356 e. The van der Waals surface area contributed by atoms with Crippen molar-refractivity contribution in [3.05, 3.63) is 42.1 Å². The highest BCUT2D eigenvalue weighted by molar-refractivity contribution is 5.60. The van der Waals surface area contributed by atoms with Crippen LogP contribution < -0.4 is 0 Å². The monoisotopic (exact) mass is 280 g/mol. The Bertz CT molecular complexity index is 640. The molecule has 21 heavy (non-hydrogen) atoms. The van der Waals surface area contributed by atoms with Gasteiger partial charge in [0, 0.05) is 24.8 Å². The Labute approximate surface area is 125 Å². The van der Waals surface area contributed by atoms with Gasteiger partial charge in [-0.3, -0.25) is 0 Å². The fourth-order valence-corrected chi connectivity index (χ4v) is 2.60. The van der Waals surface area contributed by atoms with E-state index in [1.54, 1.807) is 0 Å². The Morgan fingerprint density at radius 2 is 2.10 bits per heavy atom. The number of hydrogen-bond donors (Lipinski definition) is 0. The molecule has 1 aromatic carbocycles. The third-order valence-corrected chi connectivity index (χ3v) is 3.69. The summed E-state index contributed by atoms with van der Waals surface area (Å²) >= 11 is 0. The quantitative estimate of drug-likeness (QED) is 0.777. The number of rotatable bonds is 2. The average molecular weight is 280 g/mol. The van der Waals surface area contributed by atoms with E-state index < -0.39 is 0 Å². The number of hydrogen-bond acceptors (Lipinski definition) is 2. The van der Waals surface area contributed by atoms with E-state index >= 15 is 0 Å². The predicted molar refractivity (Wildman–Crippen MR) is 83.7 cm³/mol. The first-order valence-electron chi connectivity index (χ1n) is 7.63. The minimum absolute atomic E-state index is 0.0725. The van der Waals surface area contributed by atoms with Crippen molar-refractivity contribution in [3.63, 3.8) is 0 Å². The Kier molecular flexibility index (Phi) is 4.37. The van der Waals surface area contributed by atoms with Gasteiger partial charge in [-0.1, -0.05) is 30.9 Å². The Hall–Kier alpha value is -2.05. The van der Waals surface area contributed by atoms with Crippen LogP contribution in [0.3, 0.4) is 0 Å². The molecule has 1 atom stereocenters. The molecule has 1 aliphatic heterocycles. The van der Waals surface area contributed by atoms with Crippen LogP contribution in [-0.2, 0) is 4.74 Å². The van der Waals surface area contributed by atoms with Crippen LogP contribution in [-0.4, -0.2) is 16.4 Å². The summed E-state index contributed by atoms with van der Waals surface area (Å²) in [7, 11) is 0. The molecule has 1 fully saturated rings. The first-order chi connectivity index (χ1) is 10.4. The van der Waals surface area contributed by atoms with Gasteiger partial charge in [-0.25, -0.2) is 4.68 Å². The van der Waals surface area contributed by atoms with Gasteiger partial charge in [0.2, 0.25) is 0 Å². The first-order valence-corrected chi connectivity index (χ1v) is 7.63. The average Bonchev–Trinajstić information content (AvgIpc) is 3.04. The van der Waals surface area contributed by atoms with Crippen molar-refractivity contribution in [2.45, 2.75) is 38.8 Å². The molecule has 0 radical (unpaired) electrons. The van der Waals surface area contributed by atoms with Crippen molar-refractivity contribution in [2.75, 3.05) is 6.61 Å². The summed E-state index contributed by atoms with van der Waals surface area (Å²) in [6.45, 7) is 2.89. The van der Waals surface area contributed by atoms with Gasteiger partial charge in [0.1, 0.15) is 0 Å². The second-order valence-electron chi connectivity index (χ2n) is 5.21. The molecule has 0 saturated carbocycles. The number of nitrogens with zero attached hydrogens (tertiary/aromatic N) is 2. The van der Waals surface area contributed by atoms with E-state index in [2.05, 4.69) is 48.1 Å². The fraction of sp³-hybridized carbons (Fsp3) is 0.389. The van der Waals surface area contributed by atoms with Crippen molar-refractivity contribution in [1.82, 2.24) is 9.78 Å². The SMILES string of the molecule is CCC#Cc1ccc(-c2ccnn2C2CCCCO2)cc1. The molecule has 1 saturated heterocycles. The largest absolute Gasteiger partial charge is 0.356 e. The molecule has 3 nitrogen and oxygen atoms in total. The van der Waals surface area contributed by atoms with E-state index in [-0.39, 0.29) is 6.23 Å². The van der Waals surface area contributed by atoms with Crippen LogP contribution in [0.2, 0.25) is 0 Å². The lowest BCUT2D eigenvalue weighted by atomic mass is 10.1. The molecule has 2 heterocycles. The van der Waals surface area contributed by atoms with E-state index in [9.17, 15) is 0 Å². The summed E-state index contributed by atoms with van der Waals surface area (Å²) in [5.41, 5.74) is 3.32. The standard InChI is InChI=1S/C18H20N2O/c1-2-3-6-15-8-10-16(11-9-15)17-12-13-19-20(17)18-7-4-5-14-21-18/h8-13,18H,2,4-5,7,14H2,1H3. The van der Waals surface area contributed by atoms with E-state index in [4.69, 9.17) is 4.74 Å². The summed E-state index contributed by atoms with van der Waals surface area (Å²) in [4.78, 5) is 0. The van der Waals surface area contributed by atoms with Gasteiger partial charge in [0.25, 0.3) is 0 Å². The summed E-state index contributed by atoms with van der Waals surface area (Å²) in [5.74, 6) is 6.24. The van der Waals surface area contributed by atoms with E-state index in [0.717, 1.165) is 42.7 Å². The molecule has 0 bridgehead atoms. The van der Waals surface area contributed by atoms with Crippen LogP contribution in [0.4, 0.5) is 0 Å². The molecular weight excluding hydrogens is 260 g/mol. The summed E-state index contributed by atoms with van der Waals surface area (Å²) in [5, 5.41) is 4.45. The number of benzene rings is 1. The summed E-state index contributed by atoms with van der Waals surface area (Å²) in [6, 6.07) is 10.4. The first kappa shape index (κ1) is 13.9. The highest BCUT2D eigenvalue weighted by Gasteiger charge is 2.19. The molecule has 3 heteroatoms. The van der Waals surface area contributed by atoms with Crippen LogP contribution in [0.5, 0.6) is 0 Å². The maximum absolute atomic E-state index is 5.84. The minimum atomic E-state index is 0.0725. The lowest BCUT2D eigenvalue weighted by Crippen LogP contribution is -2.19. The van der Waals surface area contributed by atoms with E-state index in [1.165, 1.54) is 6.42 Å².